The summed E-state index contributed by atoms with van der Waals surface area (Å²) in [7, 11) is 0. The van der Waals surface area contributed by atoms with E-state index in [1.165, 1.54) is 0 Å². The summed E-state index contributed by atoms with van der Waals surface area (Å²) in [6.07, 6.45) is 6.13. The molecule has 2 aromatic rings. The van der Waals surface area contributed by atoms with Crippen molar-refractivity contribution in [3.8, 4) is 0 Å². The summed E-state index contributed by atoms with van der Waals surface area (Å²) in [5, 5.41) is 6.76. The Balaban J connectivity index is 1.61. The largest absolute Gasteiger partial charge is 0.352 e. The zero-order valence-corrected chi connectivity index (χ0v) is 18.0. The van der Waals surface area contributed by atoms with Crippen LogP contribution < -0.4 is 10.6 Å². The third-order valence-electron chi connectivity index (χ3n) is 4.84. The molecule has 1 aliphatic carbocycles. The first kappa shape index (κ1) is 21.4. The van der Waals surface area contributed by atoms with E-state index >= 15 is 0 Å². The number of allylic oxidation sites excluding steroid dienone is 1. The molecule has 1 atom stereocenters. The number of halogens is 2. The zero-order valence-electron chi connectivity index (χ0n) is 16.5. The monoisotopic (exact) mass is 430 g/mol. The molecule has 0 heterocycles. The Bertz CT molecular complexity index is 932. The van der Waals surface area contributed by atoms with Crippen LogP contribution in [-0.2, 0) is 4.79 Å². The second kappa shape index (κ2) is 9.47. The number of amides is 2. The minimum atomic E-state index is -0.245. The van der Waals surface area contributed by atoms with Crippen molar-refractivity contribution in [2.24, 2.45) is 0 Å². The van der Waals surface area contributed by atoms with Gasteiger partial charge in [0.2, 0.25) is 5.91 Å². The number of hydrogen-bond donors (Lipinski definition) is 2. The van der Waals surface area contributed by atoms with Gasteiger partial charge >= 0.3 is 0 Å². The Morgan fingerprint density at radius 1 is 1.14 bits per heavy atom. The summed E-state index contributed by atoms with van der Waals surface area (Å²) in [5.74, 6) is -0.251. The van der Waals surface area contributed by atoms with Gasteiger partial charge < -0.3 is 10.6 Å². The standard InChI is InChI=1S/C23H24Cl2N2O2/c1-14(17-10-18(24)12-19(25)11-17)3-4-16-5-8-21(15(2)9-16)23(29)26-13-22(28)27-20-6-7-20/h3-5,8-12,14,20H,6-7,13H2,1-2H3,(H,26,29)(H,27,28)/b4-3-. The lowest BCUT2D eigenvalue weighted by atomic mass is 9.98. The molecule has 0 spiro atoms. The maximum Gasteiger partial charge on any atom is 0.251 e. The number of hydrogen-bond acceptors (Lipinski definition) is 2. The number of nitrogens with one attached hydrogen (secondary N) is 2. The van der Waals surface area contributed by atoms with Crippen LogP contribution in [-0.4, -0.2) is 24.4 Å². The maximum atomic E-state index is 12.4. The molecule has 2 aromatic carbocycles. The van der Waals surface area contributed by atoms with Crippen LogP contribution in [0.2, 0.25) is 10.0 Å². The lowest BCUT2D eigenvalue weighted by Gasteiger charge is -2.10. The van der Waals surface area contributed by atoms with Crippen LogP contribution >= 0.6 is 23.2 Å². The van der Waals surface area contributed by atoms with E-state index in [4.69, 9.17) is 23.2 Å². The fourth-order valence-corrected chi connectivity index (χ4v) is 3.55. The van der Waals surface area contributed by atoms with Gasteiger partial charge in [-0.2, -0.15) is 0 Å². The summed E-state index contributed by atoms with van der Waals surface area (Å²) in [5.41, 5.74) is 3.45. The summed E-state index contributed by atoms with van der Waals surface area (Å²) in [6, 6.07) is 11.4. The van der Waals surface area contributed by atoms with E-state index in [1.807, 2.05) is 37.3 Å². The molecule has 0 aliphatic heterocycles. The smallest absolute Gasteiger partial charge is 0.251 e. The van der Waals surface area contributed by atoms with Gasteiger partial charge in [0, 0.05) is 21.7 Å². The first-order valence-electron chi connectivity index (χ1n) is 9.64. The SMILES string of the molecule is Cc1cc(/C=C\C(C)c2cc(Cl)cc(Cl)c2)ccc1C(=O)NCC(=O)NC1CC1. The van der Waals surface area contributed by atoms with E-state index in [0.29, 0.717) is 15.6 Å². The summed E-state index contributed by atoms with van der Waals surface area (Å²) < 4.78 is 0. The zero-order chi connectivity index (χ0) is 21.0. The maximum absolute atomic E-state index is 12.4. The molecular formula is C23H24Cl2N2O2. The van der Waals surface area contributed by atoms with E-state index in [1.54, 1.807) is 12.1 Å². The van der Waals surface area contributed by atoms with Crippen molar-refractivity contribution in [2.45, 2.75) is 38.6 Å². The minimum Gasteiger partial charge on any atom is -0.352 e. The van der Waals surface area contributed by atoms with Crippen LogP contribution in [0.5, 0.6) is 0 Å². The van der Waals surface area contributed by atoms with Gasteiger partial charge in [0.1, 0.15) is 0 Å². The molecule has 0 aromatic heterocycles. The number of rotatable bonds is 7. The molecule has 4 nitrogen and oxygen atoms in total. The quantitative estimate of drug-likeness (QED) is 0.639. The summed E-state index contributed by atoms with van der Waals surface area (Å²) in [6.45, 7) is 3.95. The van der Waals surface area contributed by atoms with Gasteiger partial charge in [-0.3, -0.25) is 9.59 Å². The fraction of sp³-hybridized carbons (Fsp3) is 0.304. The Morgan fingerprint density at radius 3 is 2.45 bits per heavy atom. The first-order chi connectivity index (χ1) is 13.8. The van der Waals surface area contributed by atoms with Gasteiger partial charge in [-0.25, -0.2) is 0 Å². The molecule has 152 valence electrons. The minimum absolute atomic E-state index is 0.00383. The van der Waals surface area contributed by atoms with Crippen molar-refractivity contribution in [2.75, 3.05) is 6.54 Å². The Labute approximate surface area is 181 Å². The fourth-order valence-electron chi connectivity index (χ4n) is 3.01. The number of carbonyl (C=O) groups is 2. The lowest BCUT2D eigenvalue weighted by molar-refractivity contribution is -0.120. The van der Waals surface area contributed by atoms with Crippen LogP contribution in [0.4, 0.5) is 0 Å². The van der Waals surface area contributed by atoms with Gasteiger partial charge in [0.05, 0.1) is 6.54 Å². The molecule has 0 saturated heterocycles. The van der Waals surface area contributed by atoms with Gasteiger partial charge in [-0.1, -0.05) is 54.4 Å². The molecule has 1 fully saturated rings. The van der Waals surface area contributed by atoms with Crippen molar-refractivity contribution < 1.29 is 9.59 Å². The van der Waals surface area contributed by atoms with Crippen LogP contribution in [0.3, 0.4) is 0 Å². The second-order valence-corrected chi connectivity index (χ2v) is 8.32. The lowest BCUT2D eigenvalue weighted by Crippen LogP contribution is -2.38. The van der Waals surface area contributed by atoms with Crippen molar-refractivity contribution >= 4 is 41.1 Å². The molecule has 6 heteroatoms. The summed E-state index contributed by atoms with van der Waals surface area (Å²) >= 11 is 12.2. The second-order valence-electron chi connectivity index (χ2n) is 7.45. The van der Waals surface area contributed by atoms with E-state index in [-0.39, 0.29) is 30.3 Å². The van der Waals surface area contributed by atoms with Crippen LogP contribution in [0.25, 0.3) is 6.08 Å². The predicted octanol–water partition coefficient (Wildman–Crippen LogP) is 5.13. The third-order valence-corrected chi connectivity index (χ3v) is 5.27. The molecule has 1 saturated carbocycles. The normalized spacial score (nSPS) is 14.6. The number of benzene rings is 2. The van der Waals surface area contributed by atoms with Crippen molar-refractivity contribution in [3.63, 3.8) is 0 Å². The number of carbonyl (C=O) groups excluding carboxylic acids is 2. The molecule has 29 heavy (non-hydrogen) atoms. The topological polar surface area (TPSA) is 58.2 Å². The predicted molar refractivity (Wildman–Crippen MR) is 119 cm³/mol. The highest BCUT2D eigenvalue weighted by Gasteiger charge is 2.23. The van der Waals surface area contributed by atoms with Gasteiger partial charge in [0.15, 0.2) is 0 Å². The highest BCUT2D eigenvalue weighted by Crippen LogP contribution is 2.26. The average Bonchev–Trinajstić information content (AvgIpc) is 3.47. The molecule has 0 radical (unpaired) electrons. The van der Waals surface area contributed by atoms with E-state index in [9.17, 15) is 9.59 Å². The highest BCUT2D eigenvalue weighted by atomic mass is 35.5. The Morgan fingerprint density at radius 2 is 1.83 bits per heavy atom. The van der Waals surface area contributed by atoms with Gasteiger partial charge in [-0.15, -0.1) is 0 Å². The molecule has 0 bridgehead atoms. The molecule has 3 rings (SSSR count). The van der Waals surface area contributed by atoms with Crippen LogP contribution in [0.1, 0.15) is 52.7 Å². The average molecular weight is 431 g/mol. The molecule has 2 N–H and O–H groups in total. The van der Waals surface area contributed by atoms with Gasteiger partial charge in [-0.05, 0) is 66.6 Å². The molecule has 1 aliphatic rings. The van der Waals surface area contributed by atoms with E-state index in [2.05, 4.69) is 23.6 Å². The third kappa shape index (κ3) is 6.34. The van der Waals surface area contributed by atoms with Gasteiger partial charge in [0.25, 0.3) is 5.91 Å². The molecular weight excluding hydrogens is 407 g/mol. The van der Waals surface area contributed by atoms with Crippen molar-refractivity contribution in [1.82, 2.24) is 10.6 Å². The van der Waals surface area contributed by atoms with Crippen LogP contribution in [0.15, 0.2) is 42.5 Å². The first-order valence-corrected chi connectivity index (χ1v) is 10.4. The van der Waals surface area contributed by atoms with E-state index in [0.717, 1.165) is 29.5 Å². The molecule has 2 amide bonds. The number of aryl methyl sites for hydroxylation is 1. The Kier molecular flexibility index (Phi) is 6.99. The van der Waals surface area contributed by atoms with Crippen LogP contribution in [0, 0.1) is 6.92 Å². The highest BCUT2D eigenvalue weighted by molar-refractivity contribution is 6.34. The van der Waals surface area contributed by atoms with E-state index < -0.39 is 0 Å². The van der Waals surface area contributed by atoms with Crippen molar-refractivity contribution in [1.29, 1.82) is 0 Å². The molecule has 1 unspecified atom stereocenters. The summed E-state index contributed by atoms with van der Waals surface area (Å²) in [4.78, 5) is 24.1. The Hall–Kier alpha value is -2.30. The van der Waals surface area contributed by atoms with Crippen molar-refractivity contribution in [3.05, 3.63) is 74.8 Å².